The first kappa shape index (κ1) is 17.5. The Morgan fingerprint density at radius 3 is 2.33 bits per heavy atom. The third kappa shape index (κ3) is 4.32. The molecule has 2 amide bonds. The zero-order valence-corrected chi connectivity index (χ0v) is 12.4. The van der Waals surface area contributed by atoms with Gasteiger partial charge < -0.3 is 16.4 Å². The van der Waals surface area contributed by atoms with Gasteiger partial charge in [0.2, 0.25) is 5.91 Å². The van der Waals surface area contributed by atoms with Crippen LogP contribution in [0.25, 0.3) is 0 Å². The van der Waals surface area contributed by atoms with Crippen LogP contribution in [0.3, 0.4) is 0 Å². The van der Waals surface area contributed by atoms with Crippen LogP contribution in [0.5, 0.6) is 0 Å². The van der Waals surface area contributed by atoms with Gasteiger partial charge in [0.1, 0.15) is 5.82 Å². The van der Waals surface area contributed by atoms with Crippen molar-refractivity contribution in [2.24, 2.45) is 5.73 Å². The predicted molar refractivity (Wildman–Crippen MR) is 83.0 cm³/mol. The van der Waals surface area contributed by atoms with Crippen molar-refractivity contribution in [3.8, 4) is 0 Å². The smallest absolute Gasteiger partial charge is 0.255 e. The molecule has 2 aromatic rings. The van der Waals surface area contributed by atoms with Crippen LogP contribution in [-0.4, -0.2) is 18.4 Å². The summed E-state index contributed by atoms with van der Waals surface area (Å²) in [5.74, 6) is -4.06. The summed E-state index contributed by atoms with van der Waals surface area (Å²) in [7, 11) is 0. The Kier molecular flexibility index (Phi) is 5.54. The third-order valence-corrected chi connectivity index (χ3v) is 3.06. The fourth-order valence-electron chi connectivity index (χ4n) is 1.90. The number of hydrogen-bond acceptors (Lipinski definition) is 3. The highest BCUT2D eigenvalue weighted by Crippen LogP contribution is 2.24. The molecule has 0 atom stereocenters. The van der Waals surface area contributed by atoms with E-state index in [0.29, 0.717) is 0 Å². The fraction of sp³-hybridized carbons (Fsp3) is 0.125. The van der Waals surface area contributed by atoms with Crippen molar-refractivity contribution in [2.45, 2.75) is 6.42 Å². The van der Waals surface area contributed by atoms with Gasteiger partial charge in [0.25, 0.3) is 5.91 Å². The molecule has 126 valence electrons. The molecule has 0 fully saturated rings. The molecule has 0 aliphatic rings. The highest BCUT2D eigenvalue weighted by Gasteiger charge is 2.14. The van der Waals surface area contributed by atoms with Crippen LogP contribution in [0.4, 0.5) is 24.5 Å². The zero-order chi connectivity index (χ0) is 17.7. The molecular weight excluding hydrogens is 323 g/mol. The molecule has 0 aliphatic heterocycles. The maximum atomic E-state index is 13.4. The Morgan fingerprint density at radius 2 is 1.67 bits per heavy atom. The molecule has 0 bridgehead atoms. The minimum absolute atomic E-state index is 0.0209. The van der Waals surface area contributed by atoms with Gasteiger partial charge in [0.05, 0.1) is 11.4 Å². The lowest BCUT2D eigenvalue weighted by atomic mass is 10.2. The maximum Gasteiger partial charge on any atom is 0.255 e. The Bertz CT molecular complexity index is 781. The molecule has 0 heterocycles. The maximum absolute atomic E-state index is 13.4. The van der Waals surface area contributed by atoms with Gasteiger partial charge in [0, 0.05) is 18.5 Å². The highest BCUT2D eigenvalue weighted by molar-refractivity contribution is 6.07. The van der Waals surface area contributed by atoms with Gasteiger partial charge >= 0.3 is 0 Å². The predicted octanol–water partition coefficient (Wildman–Crippen LogP) is 2.64. The lowest BCUT2D eigenvalue weighted by molar-refractivity contribution is -0.116. The average Bonchev–Trinajstić information content (AvgIpc) is 2.52. The van der Waals surface area contributed by atoms with Gasteiger partial charge in [-0.1, -0.05) is 0 Å². The van der Waals surface area contributed by atoms with Crippen LogP contribution in [0.15, 0.2) is 36.4 Å². The second-order valence-corrected chi connectivity index (χ2v) is 4.86. The van der Waals surface area contributed by atoms with E-state index in [1.54, 1.807) is 0 Å². The summed E-state index contributed by atoms with van der Waals surface area (Å²) in [5, 5.41) is 4.83. The van der Waals surface area contributed by atoms with Gasteiger partial charge in [0.15, 0.2) is 11.6 Å². The molecular formula is C16H14F3N3O2. The quantitative estimate of drug-likeness (QED) is 0.784. The number of anilines is 2. The van der Waals surface area contributed by atoms with Crippen molar-refractivity contribution < 1.29 is 22.8 Å². The summed E-state index contributed by atoms with van der Waals surface area (Å²) in [6.07, 6.45) is 0.0209. The van der Waals surface area contributed by atoms with Crippen LogP contribution < -0.4 is 16.4 Å². The first-order valence-corrected chi connectivity index (χ1v) is 6.96. The number of hydrogen-bond donors (Lipinski definition) is 3. The molecule has 8 heteroatoms. The first-order chi connectivity index (χ1) is 11.4. The number of carbonyl (C=O) groups excluding carboxylic acids is 2. The molecule has 2 rings (SSSR count). The summed E-state index contributed by atoms with van der Waals surface area (Å²) >= 11 is 0. The SMILES string of the molecule is NCCC(=O)Nc1cc(F)ccc1NC(=O)c1ccc(F)c(F)c1. The summed E-state index contributed by atoms with van der Waals surface area (Å²) < 4.78 is 39.5. The molecule has 0 aliphatic carbocycles. The second-order valence-electron chi connectivity index (χ2n) is 4.86. The molecule has 2 aromatic carbocycles. The molecule has 0 aromatic heterocycles. The lowest BCUT2D eigenvalue weighted by Crippen LogP contribution is -2.19. The summed E-state index contributed by atoms with van der Waals surface area (Å²) in [5.41, 5.74) is 5.28. The molecule has 24 heavy (non-hydrogen) atoms. The van der Waals surface area contributed by atoms with E-state index in [0.717, 1.165) is 30.3 Å². The van der Waals surface area contributed by atoms with E-state index in [9.17, 15) is 22.8 Å². The van der Waals surface area contributed by atoms with E-state index >= 15 is 0 Å². The Morgan fingerprint density at radius 1 is 0.917 bits per heavy atom. The monoisotopic (exact) mass is 337 g/mol. The second kappa shape index (κ2) is 7.60. The summed E-state index contributed by atoms with van der Waals surface area (Å²) in [6.45, 7) is 0.109. The molecule has 0 radical (unpaired) electrons. The van der Waals surface area contributed by atoms with Gasteiger partial charge in [-0.05, 0) is 36.4 Å². The molecule has 0 saturated heterocycles. The van der Waals surface area contributed by atoms with Gasteiger partial charge in [-0.15, -0.1) is 0 Å². The van der Waals surface area contributed by atoms with E-state index in [2.05, 4.69) is 10.6 Å². The van der Waals surface area contributed by atoms with E-state index < -0.39 is 29.3 Å². The largest absolute Gasteiger partial charge is 0.330 e. The molecule has 0 saturated carbocycles. The van der Waals surface area contributed by atoms with Crippen LogP contribution in [-0.2, 0) is 4.79 Å². The molecule has 0 spiro atoms. The Hall–Kier alpha value is -2.87. The number of nitrogens with two attached hydrogens (primary N) is 1. The van der Waals surface area contributed by atoms with Crippen molar-refractivity contribution in [3.05, 3.63) is 59.4 Å². The zero-order valence-electron chi connectivity index (χ0n) is 12.4. The van der Waals surface area contributed by atoms with Crippen LogP contribution >= 0.6 is 0 Å². The average molecular weight is 337 g/mol. The normalized spacial score (nSPS) is 10.3. The molecule has 0 unspecified atom stereocenters. The Balaban J connectivity index is 2.23. The van der Waals surface area contributed by atoms with Crippen molar-refractivity contribution in [2.75, 3.05) is 17.2 Å². The van der Waals surface area contributed by atoms with Crippen molar-refractivity contribution in [1.29, 1.82) is 0 Å². The number of nitrogens with one attached hydrogen (secondary N) is 2. The van der Waals surface area contributed by atoms with E-state index in [1.807, 2.05) is 0 Å². The van der Waals surface area contributed by atoms with Crippen LogP contribution in [0, 0.1) is 17.5 Å². The van der Waals surface area contributed by atoms with E-state index in [1.165, 1.54) is 6.07 Å². The standard InChI is InChI=1S/C16H14F3N3O2/c17-10-2-4-13(14(8-10)21-15(23)5-6-20)22-16(24)9-1-3-11(18)12(19)7-9/h1-4,7-8H,5-6,20H2,(H,21,23)(H,22,24). The number of carbonyl (C=O) groups is 2. The topological polar surface area (TPSA) is 84.2 Å². The number of halogens is 3. The van der Waals surface area contributed by atoms with Crippen LogP contribution in [0.2, 0.25) is 0 Å². The number of rotatable bonds is 5. The fourth-order valence-corrected chi connectivity index (χ4v) is 1.90. The summed E-state index contributed by atoms with van der Waals surface area (Å²) in [4.78, 5) is 23.7. The van der Waals surface area contributed by atoms with Gasteiger partial charge in [-0.2, -0.15) is 0 Å². The molecule has 5 nitrogen and oxygen atoms in total. The third-order valence-electron chi connectivity index (χ3n) is 3.06. The molecule has 4 N–H and O–H groups in total. The first-order valence-electron chi connectivity index (χ1n) is 6.96. The Labute approximate surface area is 135 Å². The number of benzene rings is 2. The lowest BCUT2D eigenvalue weighted by Gasteiger charge is -2.12. The number of amides is 2. The van der Waals surface area contributed by atoms with E-state index in [-0.39, 0.29) is 29.9 Å². The van der Waals surface area contributed by atoms with Gasteiger partial charge in [-0.25, -0.2) is 13.2 Å². The van der Waals surface area contributed by atoms with Crippen LogP contribution in [0.1, 0.15) is 16.8 Å². The van der Waals surface area contributed by atoms with E-state index in [4.69, 9.17) is 5.73 Å². The van der Waals surface area contributed by atoms with Gasteiger partial charge in [-0.3, -0.25) is 9.59 Å². The highest BCUT2D eigenvalue weighted by atomic mass is 19.2. The minimum Gasteiger partial charge on any atom is -0.330 e. The van der Waals surface area contributed by atoms with Crippen molar-refractivity contribution >= 4 is 23.2 Å². The minimum atomic E-state index is -1.17. The van der Waals surface area contributed by atoms with Crippen molar-refractivity contribution in [1.82, 2.24) is 0 Å². The summed E-state index contributed by atoms with van der Waals surface area (Å²) in [6, 6.07) is 6.00. The van der Waals surface area contributed by atoms with Crippen molar-refractivity contribution in [3.63, 3.8) is 0 Å².